The summed E-state index contributed by atoms with van der Waals surface area (Å²) in [5.74, 6) is -6.06. The molecule has 0 saturated carbocycles. The van der Waals surface area contributed by atoms with E-state index in [0.29, 0.717) is 0 Å². The molecular weight excluding hydrogens is 348 g/mol. The van der Waals surface area contributed by atoms with Crippen LogP contribution in [0.3, 0.4) is 0 Å². The van der Waals surface area contributed by atoms with Crippen molar-refractivity contribution in [2.75, 3.05) is 6.61 Å². The molecule has 2 aromatic carbocycles. The van der Waals surface area contributed by atoms with E-state index in [0.717, 1.165) is 0 Å². The monoisotopic (exact) mass is 362 g/mol. The summed E-state index contributed by atoms with van der Waals surface area (Å²) in [5.41, 5.74) is -0.570. The Morgan fingerprint density at radius 2 is 1.54 bits per heavy atom. The third-order valence-electron chi connectivity index (χ3n) is 3.30. The van der Waals surface area contributed by atoms with Gasteiger partial charge in [0, 0.05) is 11.6 Å². The van der Waals surface area contributed by atoms with Crippen molar-refractivity contribution in [2.24, 2.45) is 0 Å². The molecule has 130 valence electrons. The minimum Gasteiger partial charge on any atom is -0.266 e. The molecule has 0 aliphatic rings. The second-order valence-corrected chi connectivity index (χ2v) is 6.61. The summed E-state index contributed by atoms with van der Waals surface area (Å²) >= 11 is 0. The zero-order valence-electron chi connectivity index (χ0n) is 12.4. The first-order valence-electron chi connectivity index (χ1n) is 7.09. The van der Waals surface area contributed by atoms with E-state index in [1.54, 1.807) is 18.2 Å². The van der Waals surface area contributed by atoms with E-state index >= 15 is 0 Å². The molecule has 0 spiro atoms. The van der Waals surface area contributed by atoms with Crippen LogP contribution in [0.15, 0.2) is 41.3 Å². The minimum atomic E-state index is -3.89. The molecule has 24 heavy (non-hydrogen) atoms. The maximum absolute atomic E-state index is 13.5. The van der Waals surface area contributed by atoms with Gasteiger partial charge in [-0.15, -0.1) is 0 Å². The van der Waals surface area contributed by atoms with Crippen LogP contribution in [0.5, 0.6) is 0 Å². The standard InChI is InChI=1S/C16H14F4O3S/c17-13-10-14(18)16(20)15(19)12(13)8-4-5-9-23-24(21,22)11-6-2-1-3-7-11/h1-3,6-7,10H,4-5,8-9H2. The molecule has 0 unspecified atom stereocenters. The van der Waals surface area contributed by atoms with Gasteiger partial charge in [-0.1, -0.05) is 18.2 Å². The van der Waals surface area contributed by atoms with Crippen LogP contribution in [0.2, 0.25) is 0 Å². The third-order valence-corrected chi connectivity index (χ3v) is 4.63. The number of benzene rings is 2. The zero-order chi connectivity index (χ0) is 17.7. The Balaban J connectivity index is 1.87. The Kier molecular flexibility index (Phi) is 5.95. The predicted octanol–water partition coefficient (Wildman–Crippen LogP) is 3.97. The summed E-state index contributed by atoms with van der Waals surface area (Å²) in [6, 6.07) is 7.78. The van der Waals surface area contributed by atoms with E-state index in [1.165, 1.54) is 12.1 Å². The van der Waals surface area contributed by atoms with Crippen molar-refractivity contribution in [3.05, 3.63) is 65.2 Å². The minimum absolute atomic E-state index is 0.00249. The molecule has 0 heterocycles. The van der Waals surface area contributed by atoms with Crippen molar-refractivity contribution in [1.82, 2.24) is 0 Å². The number of hydrogen-bond acceptors (Lipinski definition) is 3. The van der Waals surface area contributed by atoms with Crippen molar-refractivity contribution >= 4 is 10.1 Å². The van der Waals surface area contributed by atoms with Crippen molar-refractivity contribution in [3.8, 4) is 0 Å². The highest BCUT2D eigenvalue weighted by molar-refractivity contribution is 7.86. The molecular formula is C16H14F4O3S. The lowest BCUT2D eigenvalue weighted by Gasteiger charge is -2.08. The fourth-order valence-corrected chi connectivity index (χ4v) is 3.02. The number of halogens is 4. The largest absolute Gasteiger partial charge is 0.296 e. The van der Waals surface area contributed by atoms with Crippen molar-refractivity contribution in [1.29, 1.82) is 0 Å². The molecule has 0 aromatic heterocycles. The fraction of sp³-hybridized carbons (Fsp3) is 0.250. The first-order valence-corrected chi connectivity index (χ1v) is 8.50. The van der Waals surface area contributed by atoms with Gasteiger partial charge in [0.15, 0.2) is 17.5 Å². The molecule has 2 aromatic rings. The molecule has 0 saturated heterocycles. The highest BCUT2D eigenvalue weighted by Gasteiger charge is 2.19. The van der Waals surface area contributed by atoms with Crippen LogP contribution < -0.4 is 0 Å². The Morgan fingerprint density at radius 1 is 0.875 bits per heavy atom. The van der Waals surface area contributed by atoms with Crippen LogP contribution in [0.4, 0.5) is 17.6 Å². The fourth-order valence-electron chi connectivity index (χ4n) is 2.06. The van der Waals surface area contributed by atoms with Gasteiger partial charge >= 0.3 is 0 Å². The first-order chi connectivity index (χ1) is 11.3. The smallest absolute Gasteiger partial charge is 0.266 e. The molecule has 0 radical (unpaired) electrons. The molecule has 0 atom stereocenters. The van der Waals surface area contributed by atoms with E-state index in [9.17, 15) is 26.0 Å². The maximum Gasteiger partial charge on any atom is 0.296 e. The lowest BCUT2D eigenvalue weighted by molar-refractivity contribution is 0.307. The molecule has 0 amide bonds. The molecule has 8 heteroatoms. The molecule has 0 fully saturated rings. The number of hydrogen-bond donors (Lipinski definition) is 0. The van der Waals surface area contributed by atoms with Crippen molar-refractivity contribution < 1.29 is 30.2 Å². The second kappa shape index (κ2) is 7.76. The lowest BCUT2D eigenvalue weighted by Crippen LogP contribution is -2.08. The van der Waals surface area contributed by atoms with Crippen LogP contribution in [0.1, 0.15) is 18.4 Å². The molecule has 0 bridgehead atoms. The van der Waals surface area contributed by atoms with Crippen molar-refractivity contribution in [3.63, 3.8) is 0 Å². The maximum atomic E-state index is 13.5. The molecule has 0 N–H and O–H groups in total. The van der Waals surface area contributed by atoms with Crippen molar-refractivity contribution in [2.45, 2.75) is 24.2 Å². The highest BCUT2D eigenvalue weighted by Crippen LogP contribution is 2.21. The predicted molar refractivity (Wildman–Crippen MR) is 78.8 cm³/mol. The van der Waals surface area contributed by atoms with E-state index in [4.69, 9.17) is 4.18 Å². The summed E-state index contributed by atoms with van der Waals surface area (Å²) < 4.78 is 81.2. The SMILES string of the molecule is O=S(=O)(OCCCCc1c(F)cc(F)c(F)c1F)c1ccccc1. The summed E-state index contributed by atoms with van der Waals surface area (Å²) in [4.78, 5) is 0.00249. The zero-order valence-corrected chi connectivity index (χ0v) is 13.3. The average Bonchev–Trinajstić information content (AvgIpc) is 2.56. The number of unbranched alkanes of at least 4 members (excludes halogenated alkanes) is 1. The average molecular weight is 362 g/mol. The lowest BCUT2D eigenvalue weighted by atomic mass is 10.1. The molecule has 0 aliphatic carbocycles. The van der Waals surface area contributed by atoms with E-state index in [-0.39, 0.29) is 36.8 Å². The number of rotatable bonds is 7. The van der Waals surface area contributed by atoms with Gasteiger partial charge in [0.25, 0.3) is 10.1 Å². The van der Waals surface area contributed by atoms with Gasteiger partial charge in [-0.05, 0) is 31.4 Å². The Labute approximate surface area is 137 Å². The molecule has 2 rings (SSSR count). The first kappa shape index (κ1) is 18.4. The van der Waals surface area contributed by atoms with Gasteiger partial charge in [0.05, 0.1) is 11.5 Å². The van der Waals surface area contributed by atoms with Gasteiger partial charge in [0.2, 0.25) is 0 Å². The van der Waals surface area contributed by atoms with Gasteiger partial charge in [-0.2, -0.15) is 8.42 Å². The van der Waals surface area contributed by atoms with Crippen LogP contribution in [0, 0.1) is 23.3 Å². The summed E-state index contributed by atoms with van der Waals surface area (Å²) in [6.07, 6.45) is 0.108. The summed E-state index contributed by atoms with van der Waals surface area (Å²) in [7, 11) is -3.89. The van der Waals surface area contributed by atoms with E-state index in [2.05, 4.69) is 0 Å². The van der Waals surface area contributed by atoms with E-state index < -0.39 is 39.0 Å². The Bertz CT molecular complexity index is 808. The van der Waals surface area contributed by atoms with Gasteiger partial charge in [-0.25, -0.2) is 17.6 Å². The Morgan fingerprint density at radius 3 is 2.21 bits per heavy atom. The molecule has 3 nitrogen and oxygen atoms in total. The van der Waals surface area contributed by atoms with Gasteiger partial charge < -0.3 is 0 Å². The van der Waals surface area contributed by atoms with Crippen LogP contribution >= 0.6 is 0 Å². The highest BCUT2D eigenvalue weighted by atomic mass is 32.2. The topological polar surface area (TPSA) is 43.4 Å². The molecule has 0 aliphatic heterocycles. The van der Waals surface area contributed by atoms with Crippen LogP contribution in [-0.4, -0.2) is 15.0 Å². The van der Waals surface area contributed by atoms with Crippen LogP contribution in [-0.2, 0) is 20.7 Å². The second-order valence-electron chi connectivity index (χ2n) is 4.99. The summed E-state index contributed by atoms with van der Waals surface area (Å²) in [5, 5.41) is 0. The third kappa shape index (κ3) is 4.33. The van der Waals surface area contributed by atoms with Gasteiger partial charge in [0.1, 0.15) is 5.82 Å². The van der Waals surface area contributed by atoms with Gasteiger partial charge in [-0.3, -0.25) is 4.18 Å². The Hall–Kier alpha value is -1.93. The quantitative estimate of drug-likeness (QED) is 0.246. The van der Waals surface area contributed by atoms with E-state index in [1.807, 2.05) is 0 Å². The van der Waals surface area contributed by atoms with Crippen LogP contribution in [0.25, 0.3) is 0 Å². The normalized spacial score (nSPS) is 11.7. The summed E-state index contributed by atoms with van der Waals surface area (Å²) in [6.45, 7) is -0.190.